The summed E-state index contributed by atoms with van der Waals surface area (Å²) < 4.78 is 19.5. The molecule has 0 heterocycles. The first-order valence-corrected chi connectivity index (χ1v) is 7.78. The molecule has 0 saturated heterocycles. The molecule has 1 N–H and O–H groups in total. The lowest BCUT2D eigenvalue weighted by atomic mass is 9.96. The minimum Gasteiger partial charge on any atom is -0.376 e. The minimum atomic E-state index is -0.137. The van der Waals surface area contributed by atoms with E-state index in [1.807, 2.05) is 26.0 Å². The Morgan fingerprint density at radius 2 is 2.10 bits per heavy atom. The lowest BCUT2D eigenvalue weighted by molar-refractivity contribution is 0.0185. The minimum absolute atomic E-state index is 0.137. The van der Waals surface area contributed by atoms with Gasteiger partial charge >= 0.3 is 0 Å². The van der Waals surface area contributed by atoms with Crippen LogP contribution in [0.25, 0.3) is 0 Å². The average molecular weight is 279 g/mol. The molecule has 20 heavy (non-hydrogen) atoms. The summed E-state index contributed by atoms with van der Waals surface area (Å²) in [6.45, 7) is 7.71. The van der Waals surface area contributed by atoms with Crippen LogP contribution in [0.4, 0.5) is 4.39 Å². The Bertz CT molecular complexity index is 431. The second kappa shape index (κ2) is 7.19. The van der Waals surface area contributed by atoms with Crippen LogP contribution < -0.4 is 5.32 Å². The number of benzene rings is 1. The highest BCUT2D eigenvalue weighted by Crippen LogP contribution is 2.40. The highest BCUT2D eigenvalue weighted by molar-refractivity contribution is 5.28. The lowest BCUT2D eigenvalue weighted by Crippen LogP contribution is -2.36. The zero-order chi connectivity index (χ0) is 14.5. The van der Waals surface area contributed by atoms with Crippen LogP contribution in [0.5, 0.6) is 0 Å². The normalized spacial score (nSPS) is 18.0. The summed E-state index contributed by atoms with van der Waals surface area (Å²) in [6.07, 6.45) is 3.78. The number of nitrogens with one attached hydrogen (secondary N) is 1. The van der Waals surface area contributed by atoms with Crippen LogP contribution in [0.15, 0.2) is 18.2 Å². The Morgan fingerprint density at radius 3 is 2.65 bits per heavy atom. The van der Waals surface area contributed by atoms with Crippen LogP contribution in [-0.4, -0.2) is 19.3 Å². The molecule has 0 amide bonds. The van der Waals surface area contributed by atoms with Crippen LogP contribution in [-0.2, 0) is 4.74 Å². The van der Waals surface area contributed by atoms with Gasteiger partial charge in [-0.1, -0.05) is 19.1 Å². The van der Waals surface area contributed by atoms with Crippen molar-refractivity contribution in [3.05, 3.63) is 35.1 Å². The molecule has 3 heteroatoms. The fourth-order valence-corrected chi connectivity index (χ4v) is 2.71. The monoisotopic (exact) mass is 279 g/mol. The molecule has 1 aromatic carbocycles. The Hall–Kier alpha value is -0.930. The molecular weight excluding hydrogens is 253 g/mol. The van der Waals surface area contributed by atoms with Crippen molar-refractivity contribution in [1.29, 1.82) is 0 Å². The van der Waals surface area contributed by atoms with E-state index in [-0.39, 0.29) is 18.0 Å². The molecule has 1 aliphatic carbocycles. The molecule has 0 aromatic heterocycles. The summed E-state index contributed by atoms with van der Waals surface area (Å²) in [6, 6.07) is 5.59. The predicted octanol–water partition coefficient (Wildman–Crippen LogP) is 3.99. The van der Waals surface area contributed by atoms with Crippen LogP contribution in [0, 0.1) is 18.7 Å². The van der Waals surface area contributed by atoms with E-state index in [4.69, 9.17) is 4.74 Å². The molecule has 2 unspecified atom stereocenters. The van der Waals surface area contributed by atoms with Crippen molar-refractivity contribution in [2.24, 2.45) is 5.92 Å². The van der Waals surface area contributed by atoms with E-state index in [9.17, 15) is 4.39 Å². The third kappa shape index (κ3) is 3.80. The third-order valence-electron chi connectivity index (χ3n) is 3.93. The van der Waals surface area contributed by atoms with E-state index >= 15 is 0 Å². The molecule has 0 spiro atoms. The van der Waals surface area contributed by atoms with Crippen molar-refractivity contribution in [1.82, 2.24) is 5.32 Å². The standard InChI is InChI=1S/C17H26FNO/c1-4-10-19-16(17(20-5-2)13-6-7-13)14-8-9-15(18)12(3)11-14/h8-9,11,13,16-17,19H,4-7,10H2,1-3H3. The second-order valence-electron chi connectivity index (χ2n) is 5.70. The first kappa shape index (κ1) is 15.5. The van der Waals surface area contributed by atoms with Gasteiger partial charge in [0.1, 0.15) is 5.82 Å². The van der Waals surface area contributed by atoms with Crippen molar-refractivity contribution < 1.29 is 9.13 Å². The maximum absolute atomic E-state index is 13.5. The largest absolute Gasteiger partial charge is 0.376 e. The summed E-state index contributed by atoms with van der Waals surface area (Å²) in [5, 5.41) is 3.59. The summed E-state index contributed by atoms with van der Waals surface area (Å²) in [5.41, 5.74) is 1.85. The Kier molecular flexibility index (Phi) is 5.55. The van der Waals surface area contributed by atoms with Crippen molar-refractivity contribution in [2.45, 2.75) is 52.2 Å². The smallest absolute Gasteiger partial charge is 0.126 e. The van der Waals surface area contributed by atoms with Gasteiger partial charge in [0.25, 0.3) is 0 Å². The molecule has 0 aliphatic heterocycles. The van der Waals surface area contributed by atoms with Gasteiger partial charge in [-0.3, -0.25) is 0 Å². The average Bonchev–Trinajstić information content (AvgIpc) is 3.26. The van der Waals surface area contributed by atoms with Crippen molar-refractivity contribution in [2.75, 3.05) is 13.2 Å². The van der Waals surface area contributed by atoms with Crippen molar-refractivity contribution in [3.8, 4) is 0 Å². The summed E-state index contributed by atoms with van der Waals surface area (Å²) in [4.78, 5) is 0. The highest BCUT2D eigenvalue weighted by Gasteiger charge is 2.37. The van der Waals surface area contributed by atoms with Gasteiger partial charge in [-0.15, -0.1) is 0 Å². The van der Waals surface area contributed by atoms with Gasteiger partial charge in [0.05, 0.1) is 12.1 Å². The number of rotatable bonds is 8. The maximum atomic E-state index is 13.5. The number of aryl methyl sites for hydroxylation is 1. The van der Waals surface area contributed by atoms with Gasteiger partial charge in [-0.05, 0) is 62.8 Å². The molecule has 0 radical (unpaired) electrons. The van der Waals surface area contributed by atoms with Gasteiger partial charge in [0.2, 0.25) is 0 Å². The number of hydrogen-bond acceptors (Lipinski definition) is 2. The molecule has 0 bridgehead atoms. The van der Waals surface area contributed by atoms with Crippen molar-refractivity contribution >= 4 is 0 Å². The third-order valence-corrected chi connectivity index (χ3v) is 3.93. The Morgan fingerprint density at radius 1 is 1.35 bits per heavy atom. The quantitative estimate of drug-likeness (QED) is 0.777. The molecule has 1 fully saturated rings. The first-order valence-electron chi connectivity index (χ1n) is 7.78. The van der Waals surface area contributed by atoms with E-state index in [2.05, 4.69) is 12.2 Å². The second-order valence-corrected chi connectivity index (χ2v) is 5.70. The van der Waals surface area contributed by atoms with E-state index in [0.29, 0.717) is 11.5 Å². The summed E-state index contributed by atoms with van der Waals surface area (Å²) >= 11 is 0. The van der Waals surface area contributed by atoms with E-state index in [1.54, 1.807) is 6.07 Å². The predicted molar refractivity (Wildman–Crippen MR) is 80.3 cm³/mol. The van der Waals surface area contributed by atoms with E-state index < -0.39 is 0 Å². The fourth-order valence-electron chi connectivity index (χ4n) is 2.71. The van der Waals surface area contributed by atoms with E-state index in [1.165, 1.54) is 12.8 Å². The molecule has 2 atom stereocenters. The van der Waals surface area contributed by atoms with E-state index in [0.717, 1.165) is 25.1 Å². The number of hydrogen-bond donors (Lipinski definition) is 1. The van der Waals surface area contributed by atoms with Crippen LogP contribution in [0.1, 0.15) is 50.3 Å². The Labute approximate surface area is 121 Å². The summed E-state index contributed by atoms with van der Waals surface area (Å²) in [5.74, 6) is 0.511. The molecule has 1 saturated carbocycles. The molecule has 2 rings (SSSR count). The first-order chi connectivity index (χ1) is 9.67. The van der Waals surface area contributed by atoms with Gasteiger partial charge in [-0.25, -0.2) is 4.39 Å². The fraction of sp³-hybridized carbons (Fsp3) is 0.647. The SMILES string of the molecule is CCCNC(c1ccc(F)c(C)c1)C(OCC)C1CC1. The lowest BCUT2D eigenvalue weighted by Gasteiger charge is -2.29. The number of halogens is 1. The van der Waals surface area contributed by atoms with Gasteiger partial charge in [-0.2, -0.15) is 0 Å². The van der Waals surface area contributed by atoms with Gasteiger partial charge < -0.3 is 10.1 Å². The topological polar surface area (TPSA) is 21.3 Å². The van der Waals surface area contributed by atoms with Crippen molar-refractivity contribution in [3.63, 3.8) is 0 Å². The molecular formula is C17H26FNO. The van der Waals surface area contributed by atoms with Gasteiger partial charge in [0, 0.05) is 6.61 Å². The van der Waals surface area contributed by atoms with Gasteiger partial charge in [0.15, 0.2) is 0 Å². The molecule has 1 aromatic rings. The zero-order valence-electron chi connectivity index (χ0n) is 12.8. The zero-order valence-corrected chi connectivity index (χ0v) is 12.8. The molecule has 2 nitrogen and oxygen atoms in total. The van der Waals surface area contributed by atoms with Crippen LogP contribution in [0.3, 0.4) is 0 Å². The van der Waals surface area contributed by atoms with Crippen LogP contribution in [0.2, 0.25) is 0 Å². The Balaban J connectivity index is 2.22. The maximum Gasteiger partial charge on any atom is 0.126 e. The molecule has 1 aliphatic rings. The van der Waals surface area contributed by atoms with Crippen LogP contribution >= 0.6 is 0 Å². The summed E-state index contributed by atoms with van der Waals surface area (Å²) in [7, 11) is 0. The molecule has 112 valence electrons. The number of ether oxygens (including phenoxy) is 1. The highest BCUT2D eigenvalue weighted by atomic mass is 19.1.